The highest BCUT2D eigenvalue weighted by Gasteiger charge is 2.38. The van der Waals surface area contributed by atoms with Crippen molar-refractivity contribution in [3.63, 3.8) is 0 Å². The first-order valence-electron chi connectivity index (χ1n) is 8.68. The van der Waals surface area contributed by atoms with Crippen LogP contribution in [0.25, 0.3) is 10.8 Å². The minimum atomic E-state index is -0.579. The summed E-state index contributed by atoms with van der Waals surface area (Å²) in [6.07, 6.45) is 0.311. The molecule has 1 aliphatic rings. The van der Waals surface area contributed by atoms with Crippen LogP contribution in [0.15, 0.2) is 42.5 Å². The summed E-state index contributed by atoms with van der Waals surface area (Å²) < 4.78 is 11.3. The highest BCUT2D eigenvalue weighted by atomic mass is 16.5. The third-order valence-corrected chi connectivity index (χ3v) is 4.72. The van der Waals surface area contributed by atoms with Gasteiger partial charge in [-0.15, -0.1) is 0 Å². The minimum Gasteiger partial charge on any atom is -0.382 e. The zero-order chi connectivity index (χ0) is 17.7. The molecule has 1 fully saturated rings. The standard InChI is InChI=1S/C20H26N2O3/c1-21-19(23)12-20(15-24-2)14-22(9-10-25-20)13-16-7-8-17-5-3-4-6-18(17)11-16/h3-8,11H,9-10,12-15H2,1-2H3,(H,21,23). The second kappa shape index (κ2) is 7.95. The molecule has 1 atom stereocenters. The van der Waals surface area contributed by atoms with Gasteiger partial charge in [-0.1, -0.05) is 36.4 Å². The molecule has 5 heteroatoms. The normalized spacial score (nSPS) is 21.4. The molecule has 0 bridgehead atoms. The predicted molar refractivity (Wildman–Crippen MR) is 98.5 cm³/mol. The molecule has 0 aliphatic carbocycles. The molecule has 1 saturated heterocycles. The molecule has 3 rings (SSSR count). The number of carbonyl (C=O) groups excluding carboxylic acids is 1. The van der Waals surface area contributed by atoms with Crippen LogP contribution in [0, 0.1) is 0 Å². The van der Waals surface area contributed by atoms with Gasteiger partial charge in [-0.2, -0.15) is 0 Å². The fourth-order valence-corrected chi connectivity index (χ4v) is 3.54. The molecule has 1 N–H and O–H groups in total. The molecule has 2 aromatic rings. The smallest absolute Gasteiger partial charge is 0.222 e. The van der Waals surface area contributed by atoms with Gasteiger partial charge in [0.1, 0.15) is 5.60 Å². The molecule has 0 saturated carbocycles. The van der Waals surface area contributed by atoms with Crippen molar-refractivity contribution in [2.75, 3.05) is 40.5 Å². The number of fused-ring (bicyclic) bond motifs is 1. The summed E-state index contributed by atoms with van der Waals surface area (Å²) in [5.74, 6) is -0.0235. The Labute approximate surface area is 148 Å². The maximum atomic E-state index is 11.9. The van der Waals surface area contributed by atoms with E-state index in [0.717, 1.165) is 13.1 Å². The average Bonchev–Trinajstić information content (AvgIpc) is 2.62. The average molecular weight is 342 g/mol. The van der Waals surface area contributed by atoms with E-state index in [0.29, 0.717) is 26.2 Å². The van der Waals surface area contributed by atoms with Crippen LogP contribution in [-0.2, 0) is 20.8 Å². The first-order valence-corrected chi connectivity index (χ1v) is 8.68. The van der Waals surface area contributed by atoms with Gasteiger partial charge in [-0.3, -0.25) is 9.69 Å². The van der Waals surface area contributed by atoms with Crippen molar-refractivity contribution in [3.8, 4) is 0 Å². The number of methoxy groups -OCH3 is 1. The molecule has 0 spiro atoms. The van der Waals surface area contributed by atoms with Crippen molar-refractivity contribution in [2.24, 2.45) is 0 Å². The van der Waals surface area contributed by atoms with E-state index < -0.39 is 5.60 Å². The van der Waals surface area contributed by atoms with Crippen LogP contribution in [0.3, 0.4) is 0 Å². The molecule has 0 aromatic heterocycles. The summed E-state index contributed by atoms with van der Waals surface area (Å²) in [6.45, 7) is 3.39. The topological polar surface area (TPSA) is 50.8 Å². The Morgan fingerprint density at radius 1 is 1.28 bits per heavy atom. The summed E-state index contributed by atoms with van der Waals surface area (Å²) in [6, 6.07) is 15.0. The molecule has 2 aromatic carbocycles. The fourth-order valence-electron chi connectivity index (χ4n) is 3.54. The highest BCUT2D eigenvalue weighted by Crippen LogP contribution is 2.25. The zero-order valence-electron chi connectivity index (χ0n) is 15.0. The molecule has 1 heterocycles. The number of hydrogen-bond donors (Lipinski definition) is 1. The van der Waals surface area contributed by atoms with Crippen LogP contribution in [0.5, 0.6) is 0 Å². The second-order valence-electron chi connectivity index (χ2n) is 6.71. The number of nitrogens with zero attached hydrogens (tertiary/aromatic N) is 1. The summed E-state index contributed by atoms with van der Waals surface area (Å²) in [5.41, 5.74) is 0.691. The van der Waals surface area contributed by atoms with Crippen molar-refractivity contribution in [1.82, 2.24) is 10.2 Å². The Morgan fingerprint density at radius 3 is 2.84 bits per heavy atom. The first-order chi connectivity index (χ1) is 12.1. The highest BCUT2D eigenvalue weighted by molar-refractivity contribution is 5.83. The number of morpholine rings is 1. The molecule has 1 aliphatic heterocycles. The van der Waals surface area contributed by atoms with Crippen LogP contribution in [0.4, 0.5) is 0 Å². The van der Waals surface area contributed by atoms with Gasteiger partial charge in [0.15, 0.2) is 0 Å². The SMILES string of the molecule is CNC(=O)CC1(COC)CN(Cc2ccc3ccccc3c2)CCO1. The van der Waals surface area contributed by atoms with E-state index in [2.05, 4.69) is 52.7 Å². The summed E-state index contributed by atoms with van der Waals surface area (Å²) in [4.78, 5) is 14.2. The Morgan fingerprint density at radius 2 is 2.08 bits per heavy atom. The molecule has 25 heavy (non-hydrogen) atoms. The third kappa shape index (κ3) is 4.37. The van der Waals surface area contributed by atoms with Crippen molar-refractivity contribution in [2.45, 2.75) is 18.6 Å². The molecule has 0 radical (unpaired) electrons. The van der Waals surface area contributed by atoms with Crippen LogP contribution in [-0.4, -0.2) is 56.9 Å². The van der Waals surface area contributed by atoms with E-state index in [1.54, 1.807) is 14.2 Å². The van der Waals surface area contributed by atoms with E-state index in [9.17, 15) is 4.79 Å². The molecule has 5 nitrogen and oxygen atoms in total. The first kappa shape index (κ1) is 17.9. The maximum Gasteiger partial charge on any atom is 0.222 e. The lowest BCUT2D eigenvalue weighted by Gasteiger charge is -2.42. The van der Waals surface area contributed by atoms with E-state index >= 15 is 0 Å². The van der Waals surface area contributed by atoms with Gasteiger partial charge in [-0.25, -0.2) is 0 Å². The number of ether oxygens (including phenoxy) is 2. The number of benzene rings is 2. The lowest BCUT2D eigenvalue weighted by molar-refractivity contribution is -0.155. The van der Waals surface area contributed by atoms with Gasteiger partial charge in [0.25, 0.3) is 0 Å². The number of nitrogens with one attached hydrogen (secondary N) is 1. The van der Waals surface area contributed by atoms with Crippen LogP contribution >= 0.6 is 0 Å². The molecular weight excluding hydrogens is 316 g/mol. The predicted octanol–water partition coefficient (Wildman–Crippen LogP) is 2.19. The van der Waals surface area contributed by atoms with Gasteiger partial charge >= 0.3 is 0 Å². The van der Waals surface area contributed by atoms with Crippen LogP contribution < -0.4 is 5.32 Å². The fraction of sp³-hybridized carbons (Fsp3) is 0.450. The zero-order valence-corrected chi connectivity index (χ0v) is 15.0. The van der Waals surface area contributed by atoms with E-state index in [-0.39, 0.29) is 5.91 Å². The van der Waals surface area contributed by atoms with Gasteiger partial charge in [0, 0.05) is 33.8 Å². The molecule has 1 amide bonds. The molecule has 134 valence electrons. The van der Waals surface area contributed by atoms with Gasteiger partial charge in [0.2, 0.25) is 5.91 Å². The monoisotopic (exact) mass is 342 g/mol. The van der Waals surface area contributed by atoms with Crippen molar-refractivity contribution < 1.29 is 14.3 Å². The Hall–Kier alpha value is -1.95. The van der Waals surface area contributed by atoms with Gasteiger partial charge in [-0.05, 0) is 22.4 Å². The number of amides is 1. The van der Waals surface area contributed by atoms with Gasteiger partial charge in [0.05, 0.1) is 19.6 Å². The number of carbonyl (C=O) groups is 1. The molecule has 1 unspecified atom stereocenters. The van der Waals surface area contributed by atoms with E-state index in [1.807, 2.05) is 0 Å². The Balaban J connectivity index is 1.73. The van der Waals surface area contributed by atoms with Crippen molar-refractivity contribution in [1.29, 1.82) is 0 Å². The summed E-state index contributed by atoms with van der Waals surface area (Å²) in [7, 11) is 3.30. The van der Waals surface area contributed by atoms with Gasteiger partial charge < -0.3 is 14.8 Å². The Kier molecular flexibility index (Phi) is 5.68. The largest absolute Gasteiger partial charge is 0.382 e. The maximum absolute atomic E-state index is 11.9. The summed E-state index contributed by atoms with van der Waals surface area (Å²) in [5, 5.41) is 5.19. The molecular formula is C20H26N2O3. The second-order valence-corrected chi connectivity index (χ2v) is 6.71. The lowest BCUT2D eigenvalue weighted by Crippen LogP contribution is -2.55. The quantitative estimate of drug-likeness (QED) is 0.874. The van der Waals surface area contributed by atoms with E-state index in [1.165, 1.54) is 16.3 Å². The summed E-state index contributed by atoms with van der Waals surface area (Å²) >= 11 is 0. The van der Waals surface area contributed by atoms with Crippen molar-refractivity contribution >= 4 is 16.7 Å². The lowest BCUT2D eigenvalue weighted by atomic mass is 9.96. The van der Waals surface area contributed by atoms with Crippen LogP contribution in [0.1, 0.15) is 12.0 Å². The minimum absolute atomic E-state index is 0.0235. The number of hydrogen-bond acceptors (Lipinski definition) is 4. The Bertz CT molecular complexity index is 730. The third-order valence-electron chi connectivity index (χ3n) is 4.72. The van der Waals surface area contributed by atoms with E-state index in [4.69, 9.17) is 9.47 Å². The van der Waals surface area contributed by atoms with Crippen molar-refractivity contribution in [3.05, 3.63) is 48.0 Å². The number of rotatable bonds is 6. The van der Waals surface area contributed by atoms with Crippen LogP contribution in [0.2, 0.25) is 0 Å².